The van der Waals surface area contributed by atoms with Gasteiger partial charge in [-0.1, -0.05) is 39.5 Å². The largest absolute Gasteiger partial charge is 0.333 e. The number of unbranched alkanes of at least 4 members (excludes halogenated alkanes) is 3. The van der Waals surface area contributed by atoms with E-state index in [0.717, 1.165) is 0 Å². The van der Waals surface area contributed by atoms with Gasteiger partial charge >= 0.3 is 0 Å². The minimum Gasteiger partial charge on any atom is -0.333 e. The monoisotopic (exact) mass is 209 g/mol. The van der Waals surface area contributed by atoms with Crippen molar-refractivity contribution in [2.75, 3.05) is 21.1 Å². The fourth-order valence-corrected chi connectivity index (χ4v) is 0.500. The first-order valence-electron chi connectivity index (χ1n) is 4.65. The van der Waals surface area contributed by atoms with Gasteiger partial charge in [-0.25, -0.2) is 0 Å². The van der Waals surface area contributed by atoms with E-state index in [1.807, 2.05) is 0 Å². The molecule has 0 amide bonds. The topological polar surface area (TPSA) is 78.1 Å². The first-order valence-corrected chi connectivity index (χ1v) is 4.65. The summed E-state index contributed by atoms with van der Waals surface area (Å²) < 4.78 is 0. The van der Waals surface area contributed by atoms with E-state index in [2.05, 4.69) is 31.0 Å². The van der Waals surface area contributed by atoms with E-state index in [1.54, 1.807) is 0 Å². The molecule has 0 unspecified atom stereocenters. The molecule has 0 aliphatic carbocycles. The molecule has 0 aromatic heterocycles. The first-order chi connectivity index (χ1) is 5.91. The van der Waals surface area contributed by atoms with E-state index in [4.69, 9.17) is 0 Å². The van der Waals surface area contributed by atoms with Crippen LogP contribution in [-0.2, 0) is 0 Å². The Kier molecular flexibility index (Phi) is 187. The predicted octanol–water partition coefficient (Wildman–Crippen LogP) is 0.127. The van der Waals surface area contributed by atoms with Crippen molar-refractivity contribution in [2.24, 2.45) is 17.2 Å². The fraction of sp³-hybridized carbons (Fsp3) is 1.00. The lowest BCUT2D eigenvalue weighted by Crippen LogP contribution is -1.69. The van der Waals surface area contributed by atoms with Crippen LogP contribution in [0.5, 0.6) is 0 Å². The zero-order valence-corrected chi connectivity index (χ0v) is 9.56. The van der Waals surface area contributed by atoms with E-state index in [1.165, 1.54) is 46.8 Å². The van der Waals surface area contributed by atoms with Crippen LogP contribution in [0.15, 0.2) is 0 Å². The quantitative estimate of drug-likeness (QED) is 0.456. The lowest BCUT2D eigenvalue weighted by Gasteiger charge is -1.86. The lowest BCUT2D eigenvalue weighted by molar-refractivity contribution is 0.702. The highest BCUT2D eigenvalue weighted by Gasteiger charge is 1.75. The molecule has 0 aromatic rings. The molecular formula is C9H32AlN3. The Balaban J connectivity index is -0.0000000263. The molecule has 0 aromatic carbocycles. The van der Waals surface area contributed by atoms with Crippen molar-refractivity contribution in [1.82, 2.24) is 0 Å². The molecule has 0 bridgehead atoms. The molecule has 0 fully saturated rings. The van der Waals surface area contributed by atoms with E-state index >= 15 is 0 Å². The Labute approximate surface area is 95.6 Å². The molecule has 0 atom stereocenters. The van der Waals surface area contributed by atoms with Crippen LogP contribution in [0, 0.1) is 0 Å². The summed E-state index contributed by atoms with van der Waals surface area (Å²) in [6.07, 6.45) is 5.54. The number of rotatable bonds is 3. The van der Waals surface area contributed by atoms with Gasteiger partial charge in [0.1, 0.15) is 0 Å². The maximum Gasteiger partial charge on any atom is 0.187 e. The van der Waals surface area contributed by atoms with Crippen molar-refractivity contribution < 1.29 is 0 Å². The second kappa shape index (κ2) is 83.0. The molecule has 0 rings (SSSR count). The number of hydrogen-bond donors (Lipinski definition) is 3. The predicted molar refractivity (Wildman–Crippen MR) is 70.1 cm³/mol. The zero-order valence-electron chi connectivity index (χ0n) is 9.56. The Morgan fingerprint density at radius 3 is 0.846 bits per heavy atom. The Morgan fingerprint density at radius 2 is 0.769 bits per heavy atom. The molecule has 0 saturated carbocycles. The summed E-state index contributed by atoms with van der Waals surface area (Å²) in [7, 11) is 4.50. The van der Waals surface area contributed by atoms with Crippen LogP contribution in [0.2, 0.25) is 0 Å². The van der Waals surface area contributed by atoms with Crippen LogP contribution in [-0.4, -0.2) is 38.5 Å². The third kappa shape index (κ3) is 116. The molecule has 0 aliphatic rings. The highest BCUT2D eigenvalue weighted by Crippen LogP contribution is 1.95. The van der Waals surface area contributed by atoms with Gasteiger partial charge in [-0.2, -0.15) is 0 Å². The first kappa shape index (κ1) is 29.2. The van der Waals surface area contributed by atoms with E-state index in [-0.39, 0.29) is 17.4 Å². The van der Waals surface area contributed by atoms with Crippen LogP contribution in [0.4, 0.5) is 0 Å². The van der Waals surface area contributed by atoms with Crippen LogP contribution in [0.3, 0.4) is 0 Å². The van der Waals surface area contributed by atoms with Crippen molar-refractivity contribution >= 4 is 17.4 Å². The second-order valence-corrected chi connectivity index (χ2v) is 1.71. The maximum absolute atomic E-state index is 4.50. The van der Waals surface area contributed by atoms with Crippen molar-refractivity contribution in [3.63, 3.8) is 0 Å². The average molecular weight is 209 g/mol. The third-order valence-electron chi connectivity index (χ3n) is 0.957. The maximum atomic E-state index is 4.50. The minimum atomic E-state index is 0. The molecular weight excluding hydrogens is 177 g/mol. The molecule has 86 valence electrons. The number of hydrogen-bond acceptors (Lipinski definition) is 3. The van der Waals surface area contributed by atoms with Gasteiger partial charge in [-0.3, -0.25) is 0 Å². The molecule has 0 saturated heterocycles. The summed E-state index contributed by atoms with van der Waals surface area (Å²) >= 11 is 0. The van der Waals surface area contributed by atoms with Gasteiger partial charge in [0.25, 0.3) is 0 Å². The van der Waals surface area contributed by atoms with Crippen molar-refractivity contribution in [3.8, 4) is 0 Å². The molecule has 0 spiro atoms. The van der Waals surface area contributed by atoms with Crippen LogP contribution in [0.1, 0.15) is 39.5 Å². The summed E-state index contributed by atoms with van der Waals surface area (Å²) in [4.78, 5) is 0. The molecule has 0 heterocycles. The lowest BCUT2D eigenvalue weighted by atomic mass is 10.2. The Bertz CT molecular complexity index is 26.8. The Hall–Kier alpha value is 0.412. The summed E-state index contributed by atoms with van der Waals surface area (Å²) in [5.74, 6) is 0. The van der Waals surface area contributed by atoms with E-state index in [9.17, 15) is 0 Å². The van der Waals surface area contributed by atoms with Crippen molar-refractivity contribution in [1.29, 1.82) is 0 Å². The van der Waals surface area contributed by atoms with Gasteiger partial charge in [0.05, 0.1) is 0 Å². The molecule has 0 aliphatic heterocycles. The minimum absolute atomic E-state index is 0. The van der Waals surface area contributed by atoms with Gasteiger partial charge in [-0.15, -0.1) is 0 Å². The molecule has 0 radical (unpaired) electrons. The Morgan fingerprint density at radius 1 is 0.615 bits per heavy atom. The highest BCUT2D eigenvalue weighted by molar-refractivity contribution is 5.75. The van der Waals surface area contributed by atoms with Crippen LogP contribution in [0.25, 0.3) is 0 Å². The molecule has 4 heteroatoms. The van der Waals surface area contributed by atoms with Gasteiger partial charge in [0, 0.05) is 0 Å². The zero-order chi connectivity index (χ0) is 10.8. The third-order valence-corrected chi connectivity index (χ3v) is 0.957. The SMILES string of the molecule is CCCCCC.CN.CN.CN.[AlH3]. The molecule has 6 N–H and O–H groups in total. The standard InChI is InChI=1S/C6H14.3CH5N.Al.3H/c1-3-5-6-4-2;3*1-2;;;;/h3-6H2,1-2H3;3*2H2,1H3;;;;. The van der Waals surface area contributed by atoms with Crippen LogP contribution < -0.4 is 17.2 Å². The second-order valence-electron chi connectivity index (χ2n) is 1.71. The molecule has 3 nitrogen and oxygen atoms in total. The van der Waals surface area contributed by atoms with Crippen molar-refractivity contribution in [2.45, 2.75) is 39.5 Å². The van der Waals surface area contributed by atoms with E-state index in [0.29, 0.717) is 0 Å². The van der Waals surface area contributed by atoms with Crippen LogP contribution >= 0.6 is 0 Å². The fourth-order valence-electron chi connectivity index (χ4n) is 0.500. The average Bonchev–Trinajstić information content (AvgIpc) is 2.24. The van der Waals surface area contributed by atoms with Gasteiger partial charge in [0.2, 0.25) is 0 Å². The summed E-state index contributed by atoms with van der Waals surface area (Å²) in [6, 6.07) is 0. The van der Waals surface area contributed by atoms with Gasteiger partial charge in [-0.05, 0) is 21.1 Å². The molecule has 13 heavy (non-hydrogen) atoms. The van der Waals surface area contributed by atoms with Gasteiger partial charge in [0.15, 0.2) is 17.4 Å². The normalized spacial score (nSPS) is 5.54. The van der Waals surface area contributed by atoms with E-state index < -0.39 is 0 Å². The smallest absolute Gasteiger partial charge is 0.187 e. The summed E-state index contributed by atoms with van der Waals surface area (Å²) in [5, 5.41) is 0. The highest BCUT2D eigenvalue weighted by atomic mass is 27.0. The summed E-state index contributed by atoms with van der Waals surface area (Å²) in [6.45, 7) is 4.46. The summed E-state index contributed by atoms with van der Waals surface area (Å²) in [5.41, 5.74) is 13.5. The van der Waals surface area contributed by atoms with Gasteiger partial charge < -0.3 is 17.2 Å². The van der Waals surface area contributed by atoms with Crippen molar-refractivity contribution in [3.05, 3.63) is 0 Å². The number of nitrogens with two attached hydrogens (primary N) is 3.